The highest BCUT2D eigenvalue weighted by Gasteiger charge is 2.25. The molecule has 1 aromatic heterocycles. The molecular formula is C14H15BrS. The lowest BCUT2D eigenvalue weighted by atomic mass is 9.98. The van der Waals surface area contributed by atoms with Crippen molar-refractivity contribution in [2.45, 2.75) is 30.5 Å². The maximum atomic E-state index is 3.82. The van der Waals surface area contributed by atoms with Crippen LogP contribution < -0.4 is 0 Å². The van der Waals surface area contributed by atoms with Gasteiger partial charge in [-0.15, -0.1) is 11.3 Å². The largest absolute Gasteiger partial charge is 0.144 e. The first-order valence-electron chi connectivity index (χ1n) is 5.94. The zero-order valence-electron chi connectivity index (χ0n) is 9.16. The summed E-state index contributed by atoms with van der Waals surface area (Å²) in [6.45, 7) is 0. The van der Waals surface area contributed by atoms with Crippen molar-refractivity contribution in [3.63, 3.8) is 0 Å². The molecule has 16 heavy (non-hydrogen) atoms. The van der Waals surface area contributed by atoms with Crippen molar-refractivity contribution in [1.82, 2.24) is 0 Å². The molecule has 0 nitrogen and oxygen atoms in total. The van der Waals surface area contributed by atoms with Gasteiger partial charge in [-0.25, -0.2) is 0 Å². The van der Waals surface area contributed by atoms with Crippen molar-refractivity contribution >= 4 is 37.4 Å². The van der Waals surface area contributed by atoms with Gasteiger partial charge in [0.1, 0.15) is 0 Å². The molecule has 0 amide bonds. The van der Waals surface area contributed by atoms with E-state index in [0.717, 1.165) is 10.7 Å². The highest BCUT2D eigenvalue weighted by atomic mass is 79.9. The van der Waals surface area contributed by atoms with E-state index in [0.29, 0.717) is 0 Å². The molecule has 3 rings (SSSR count). The van der Waals surface area contributed by atoms with Crippen LogP contribution in [0.3, 0.4) is 0 Å². The van der Waals surface area contributed by atoms with Crippen LogP contribution in [0.5, 0.6) is 0 Å². The number of halogens is 1. The van der Waals surface area contributed by atoms with Crippen molar-refractivity contribution < 1.29 is 0 Å². The van der Waals surface area contributed by atoms with Crippen LogP contribution >= 0.6 is 27.3 Å². The third kappa shape index (κ3) is 1.93. The highest BCUT2D eigenvalue weighted by Crippen LogP contribution is 2.36. The minimum atomic E-state index is 0.742. The lowest BCUT2D eigenvalue weighted by Gasteiger charge is -2.12. The topological polar surface area (TPSA) is 0 Å². The minimum Gasteiger partial charge on any atom is -0.144 e. The second-order valence-corrected chi connectivity index (χ2v) is 6.76. The molecule has 84 valence electrons. The van der Waals surface area contributed by atoms with Crippen molar-refractivity contribution in [2.24, 2.45) is 5.92 Å². The monoisotopic (exact) mass is 294 g/mol. The zero-order valence-corrected chi connectivity index (χ0v) is 11.6. The summed E-state index contributed by atoms with van der Waals surface area (Å²) in [5.74, 6) is 0.845. The summed E-state index contributed by atoms with van der Waals surface area (Å²) in [5.41, 5.74) is 1.55. The van der Waals surface area contributed by atoms with E-state index in [-0.39, 0.29) is 0 Å². The molecule has 1 aliphatic carbocycles. The number of rotatable bonds is 2. The Labute approximate surface area is 109 Å². The van der Waals surface area contributed by atoms with E-state index in [1.807, 2.05) is 11.3 Å². The predicted molar refractivity (Wildman–Crippen MR) is 75.6 cm³/mol. The van der Waals surface area contributed by atoms with Gasteiger partial charge in [0.05, 0.1) is 0 Å². The Bertz CT molecular complexity index is 488. The second-order valence-electron chi connectivity index (χ2n) is 4.67. The molecular weight excluding hydrogens is 280 g/mol. The van der Waals surface area contributed by atoms with Crippen LogP contribution in [0.2, 0.25) is 0 Å². The molecule has 1 aliphatic rings. The lowest BCUT2D eigenvalue weighted by Crippen LogP contribution is -2.09. The molecule has 0 saturated heterocycles. The van der Waals surface area contributed by atoms with E-state index in [1.165, 1.54) is 35.8 Å². The Balaban J connectivity index is 1.89. The van der Waals surface area contributed by atoms with Gasteiger partial charge >= 0.3 is 0 Å². The van der Waals surface area contributed by atoms with E-state index < -0.39 is 0 Å². The molecule has 1 heterocycles. The molecule has 1 saturated carbocycles. The SMILES string of the molecule is BrC1CCCC1Cc1csc2ccccc12. The molecule has 0 spiro atoms. The van der Waals surface area contributed by atoms with Gasteiger partial charge in [0, 0.05) is 9.53 Å². The minimum absolute atomic E-state index is 0.742. The number of benzene rings is 1. The van der Waals surface area contributed by atoms with E-state index >= 15 is 0 Å². The molecule has 0 aliphatic heterocycles. The molecule has 0 bridgehead atoms. The molecule has 2 aromatic rings. The molecule has 1 aromatic carbocycles. The fourth-order valence-corrected chi connectivity index (χ4v) is 4.45. The van der Waals surface area contributed by atoms with Crippen LogP contribution in [-0.2, 0) is 6.42 Å². The Morgan fingerprint density at radius 2 is 2.12 bits per heavy atom. The van der Waals surface area contributed by atoms with Gasteiger partial charge in [0.25, 0.3) is 0 Å². The average Bonchev–Trinajstić information content (AvgIpc) is 2.88. The highest BCUT2D eigenvalue weighted by molar-refractivity contribution is 9.09. The number of hydrogen-bond acceptors (Lipinski definition) is 1. The summed E-state index contributed by atoms with van der Waals surface area (Å²) < 4.78 is 1.43. The molecule has 2 heteroatoms. The van der Waals surface area contributed by atoms with Gasteiger partial charge in [-0.3, -0.25) is 0 Å². The Morgan fingerprint density at radius 3 is 2.94 bits per heavy atom. The third-order valence-electron chi connectivity index (χ3n) is 3.61. The summed E-state index contributed by atoms with van der Waals surface area (Å²) in [4.78, 5) is 0.742. The predicted octanol–water partition coefficient (Wildman–Crippen LogP) is 5.01. The first-order valence-corrected chi connectivity index (χ1v) is 7.73. The van der Waals surface area contributed by atoms with E-state index in [9.17, 15) is 0 Å². The first-order chi connectivity index (χ1) is 7.84. The Kier molecular flexibility index (Phi) is 3.03. The molecule has 2 atom stereocenters. The average molecular weight is 295 g/mol. The van der Waals surface area contributed by atoms with E-state index in [4.69, 9.17) is 0 Å². The second kappa shape index (κ2) is 4.50. The quantitative estimate of drug-likeness (QED) is 0.683. The summed E-state index contributed by atoms with van der Waals surface area (Å²) in [5, 5.41) is 3.82. The van der Waals surface area contributed by atoms with E-state index in [2.05, 4.69) is 45.6 Å². The number of alkyl halides is 1. The van der Waals surface area contributed by atoms with Gasteiger partial charge in [0.15, 0.2) is 0 Å². The molecule has 0 N–H and O–H groups in total. The lowest BCUT2D eigenvalue weighted by molar-refractivity contribution is 0.565. The molecule has 0 radical (unpaired) electrons. The van der Waals surface area contributed by atoms with Crippen molar-refractivity contribution in [2.75, 3.05) is 0 Å². The van der Waals surface area contributed by atoms with Crippen molar-refractivity contribution in [1.29, 1.82) is 0 Å². The summed E-state index contributed by atoms with van der Waals surface area (Å²) in [6, 6.07) is 8.77. The first kappa shape index (κ1) is 10.8. The maximum Gasteiger partial charge on any atom is 0.0345 e. The van der Waals surface area contributed by atoms with Crippen LogP contribution in [0, 0.1) is 5.92 Å². The molecule has 2 unspecified atom stereocenters. The van der Waals surface area contributed by atoms with Crippen LogP contribution in [0.15, 0.2) is 29.6 Å². The van der Waals surface area contributed by atoms with Crippen LogP contribution in [0.4, 0.5) is 0 Å². The third-order valence-corrected chi connectivity index (χ3v) is 5.83. The smallest absolute Gasteiger partial charge is 0.0345 e. The van der Waals surface area contributed by atoms with Crippen LogP contribution in [0.25, 0.3) is 10.1 Å². The van der Waals surface area contributed by atoms with Crippen molar-refractivity contribution in [3.8, 4) is 0 Å². The van der Waals surface area contributed by atoms with Crippen LogP contribution in [-0.4, -0.2) is 4.83 Å². The van der Waals surface area contributed by atoms with Gasteiger partial charge in [-0.1, -0.05) is 40.5 Å². The Morgan fingerprint density at radius 1 is 1.25 bits per heavy atom. The Hall–Kier alpha value is -0.340. The van der Waals surface area contributed by atoms with Crippen LogP contribution in [0.1, 0.15) is 24.8 Å². The summed E-state index contributed by atoms with van der Waals surface area (Å²) in [6.07, 6.45) is 5.38. The fraction of sp³-hybridized carbons (Fsp3) is 0.429. The van der Waals surface area contributed by atoms with Crippen molar-refractivity contribution in [3.05, 3.63) is 35.2 Å². The van der Waals surface area contributed by atoms with Gasteiger partial charge in [-0.05, 0) is 47.6 Å². The van der Waals surface area contributed by atoms with Gasteiger partial charge in [-0.2, -0.15) is 0 Å². The van der Waals surface area contributed by atoms with Gasteiger partial charge in [0.2, 0.25) is 0 Å². The number of thiophene rings is 1. The number of fused-ring (bicyclic) bond motifs is 1. The standard InChI is InChI=1S/C14H15BrS/c15-13-6-3-4-10(13)8-11-9-16-14-7-2-1-5-12(11)14/h1-2,5,7,9-10,13H,3-4,6,8H2. The maximum absolute atomic E-state index is 3.82. The fourth-order valence-electron chi connectivity index (χ4n) is 2.69. The normalized spacial score (nSPS) is 25.3. The summed E-state index contributed by atoms with van der Waals surface area (Å²) >= 11 is 5.70. The van der Waals surface area contributed by atoms with Gasteiger partial charge < -0.3 is 0 Å². The summed E-state index contributed by atoms with van der Waals surface area (Å²) in [7, 11) is 0. The molecule has 1 fully saturated rings. The number of hydrogen-bond donors (Lipinski definition) is 0. The van der Waals surface area contributed by atoms with E-state index in [1.54, 1.807) is 5.56 Å². The zero-order chi connectivity index (χ0) is 11.0.